The van der Waals surface area contributed by atoms with Crippen LogP contribution >= 0.6 is 0 Å². The van der Waals surface area contributed by atoms with Crippen LogP contribution in [0.5, 0.6) is 0 Å². The van der Waals surface area contributed by atoms with E-state index in [0.29, 0.717) is 6.61 Å². The highest BCUT2D eigenvalue weighted by atomic mass is 16.5. The Balaban J connectivity index is 2.05. The van der Waals surface area contributed by atoms with Crippen LogP contribution < -0.4 is 5.73 Å². The summed E-state index contributed by atoms with van der Waals surface area (Å²) in [5.74, 6) is -0.205. The van der Waals surface area contributed by atoms with Crippen molar-refractivity contribution in [1.29, 1.82) is 0 Å². The summed E-state index contributed by atoms with van der Waals surface area (Å²) in [6, 6.07) is 0. The first kappa shape index (κ1) is 10.5. The van der Waals surface area contributed by atoms with Crippen molar-refractivity contribution in [3.8, 4) is 0 Å². The molecule has 4 nitrogen and oxygen atoms in total. The molecule has 1 fully saturated rings. The fourth-order valence-corrected chi connectivity index (χ4v) is 1.40. The molecule has 3 N–H and O–H groups in total. The third kappa shape index (κ3) is 3.32. The van der Waals surface area contributed by atoms with E-state index in [1.54, 1.807) is 0 Å². The van der Waals surface area contributed by atoms with Gasteiger partial charge in [-0.15, -0.1) is 0 Å². The van der Waals surface area contributed by atoms with Crippen LogP contribution in [0, 0.1) is 5.92 Å². The van der Waals surface area contributed by atoms with E-state index in [4.69, 9.17) is 15.6 Å². The molecule has 0 spiro atoms. The molecule has 1 atom stereocenters. The van der Waals surface area contributed by atoms with E-state index in [-0.39, 0.29) is 6.54 Å². The lowest BCUT2D eigenvalue weighted by atomic mass is 9.83. The first-order valence-electron chi connectivity index (χ1n) is 4.78. The summed E-state index contributed by atoms with van der Waals surface area (Å²) in [6.07, 6.45) is 4.00. The highest BCUT2D eigenvalue weighted by molar-refractivity contribution is 5.72. The number of nitrogens with two attached hydrogens (primary N) is 1. The minimum atomic E-state index is -0.962. The number of carbonyl (C=O) groups is 1. The van der Waals surface area contributed by atoms with E-state index in [9.17, 15) is 4.79 Å². The number of rotatable bonds is 6. The van der Waals surface area contributed by atoms with E-state index in [1.165, 1.54) is 19.3 Å². The molecule has 0 aliphatic heterocycles. The highest BCUT2D eigenvalue weighted by Crippen LogP contribution is 2.29. The zero-order valence-corrected chi connectivity index (χ0v) is 7.74. The van der Waals surface area contributed by atoms with Gasteiger partial charge in [0.05, 0.1) is 0 Å². The number of aliphatic carboxylic acids is 1. The third-order valence-electron chi connectivity index (χ3n) is 2.56. The molecule has 1 aliphatic carbocycles. The highest BCUT2D eigenvalue weighted by Gasteiger charge is 2.19. The van der Waals surface area contributed by atoms with Crippen LogP contribution in [-0.2, 0) is 9.53 Å². The Morgan fingerprint density at radius 2 is 2.31 bits per heavy atom. The first-order chi connectivity index (χ1) is 6.24. The van der Waals surface area contributed by atoms with Gasteiger partial charge in [0.15, 0.2) is 6.10 Å². The van der Waals surface area contributed by atoms with Gasteiger partial charge >= 0.3 is 5.97 Å². The molecular weight excluding hydrogens is 170 g/mol. The Kier molecular flexibility index (Phi) is 4.18. The van der Waals surface area contributed by atoms with E-state index in [0.717, 1.165) is 12.3 Å². The predicted molar refractivity (Wildman–Crippen MR) is 48.4 cm³/mol. The van der Waals surface area contributed by atoms with Crippen molar-refractivity contribution < 1.29 is 14.6 Å². The van der Waals surface area contributed by atoms with Crippen LogP contribution in [0.3, 0.4) is 0 Å². The van der Waals surface area contributed by atoms with Gasteiger partial charge in [-0.3, -0.25) is 0 Å². The Morgan fingerprint density at radius 1 is 1.62 bits per heavy atom. The van der Waals surface area contributed by atoms with Crippen LogP contribution in [0.15, 0.2) is 0 Å². The number of carboxylic acid groups (broad SMARTS) is 1. The van der Waals surface area contributed by atoms with Crippen LogP contribution in [0.25, 0.3) is 0 Å². The van der Waals surface area contributed by atoms with Crippen LogP contribution in [-0.4, -0.2) is 30.3 Å². The molecule has 1 rings (SSSR count). The zero-order valence-electron chi connectivity index (χ0n) is 7.74. The zero-order chi connectivity index (χ0) is 9.68. The molecule has 76 valence electrons. The molecule has 1 unspecified atom stereocenters. The number of ether oxygens (including phenoxy) is 1. The molecule has 0 aromatic rings. The van der Waals surface area contributed by atoms with E-state index >= 15 is 0 Å². The number of carboxylic acids is 1. The quantitative estimate of drug-likeness (QED) is 0.639. The molecule has 0 bridgehead atoms. The van der Waals surface area contributed by atoms with Gasteiger partial charge in [-0.1, -0.05) is 19.3 Å². The Labute approximate surface area is 78.1 Å². The number of hydrogen-bond acceptors (Lipinski definition) is 3. The fourth-order valence-electron chi connectivity index (χ4n) is 1.40. The van der Waals surface area contributed by atoms with Crippen LogP contribution in [0.4, 0.5) is 0 Å². The lowest BCUT2D eigenvalue weighted by Crippen LogP contribution is -2.32. The smallest absolute Gasteiger partial charge is 0.334 e. The van der Waals surface area contributed by atoms with Crippen molar-refractivity contribution in [2.45, 2.75) is 31.8 Å². The van der Waals surface area contributed by atoms with Crippen molar-refractivity contribution in [1.82, 2.24) is 0 Å². The Hall–Kier alpha value is -0.610. The second-order valence-corrected chi connectivity index (χ2v) is 3.52. The average Bonchev–Trinajstić information content (AvgIpc) is 2.00. The summed E-state index contributed by atoms with van der Waals surface area (Å²) < 4.78 is 5.13. The SMILES string of the molecule is NCC(OCCC1CCC1)C(=O)O. The van der Waals surface area contributed by atoms with Crippen molar-refractivity contribution in [2.24, 2.45) is 11.7 Å². The summed E-state index contributed by atoms with van der Waals surface area (Å²) in [4.78, 5) is 10.5. The lowest BCUT2D eigenvalue weighted by Gasteiger charge is -2.25. The maximum absolute atomic E-state index is 10.5. The third-order valence-corrected chi connectivity index (χ3v) is 2.56. The summed E-state index contributed by atoms with van der Waals surface area (Å²) in [5, 5.41) is 8.60. The molecular formula is C9H17NO3. The van der Waals surface area contributed by atoms with E-state index < -0.39 is 12.1 Å². The molecule has 1 saturated carbocycles. The predicted octanol–water partition coefficient (Wildman–Crippen LogP) is 0.605. The Bertz CT molecular complexity index is 168. The molecule has 0 saturated heterocycles. The second-order valence-electron chi connectivity index (χ2n) is 3.52. The number of hydrogen-bond donors (Lipinski definition) is 2. The van der Waals surface area contributed by atoms with Crippen LogP contribution in [0.2, 0.25) is 0 Å². The molecule has 0 radical (unpaired) electrons. The summed E-state index contributed by atoms with van der Waals surface area (Å²) >= 11 is 0. The first-order valence-corrected chi connectivity index (χ1v) is 4.78. The Morgan fingerprint density at radius 3 is 2.69 bits per heavy atom. The molecule has 0 amide bonds. The largest absolute Gasteiger partial charge is 0.479 e. The van der Waals surface area contributed by atoms with Gasteiger partial charge in [0.25, 0.3) is 0 Å². The van der Waals surface area contributed by atoms with Crippen molar-refractivity contribution in [2.75, 3.05) is 13.2 Å². The molecule has 4 heteroatoms. The van der Waals surface area contributed by atoms with Gasteiger partial charge in [0.1, 0.15) is 0 Å². The standard InChI is InChI=1S/C9H17NO3/c10-6-8(9(11)12)13-5-4-7-2-1-3-7/h7-8H,1-6,10H2,(H,11,12). The summed E-state index contributed by atoms with van der Waals surface area (Å²) in [6.45, 7) is 0.582. The summed E-state index contributed by atoms with van der Waals surface area (Å²) in [5.41, 5.74) is 5.23. The van der Waals surface area contributed by atoms with Gasteiger partial charge in [-0.2, -0.15) is 0 Å². The summed E-state index contributed by atoms with van der Waals surface area (Å²) in [7, 11) is 0. The van der Waals surface area contributed by atoms with Crippen LogP contribution in [0.1, 0.15) is 25.7 Å². The van der Waals surface area contributed by atoms with Gasteiger partial charge in [0.2, 0.25) is 0 Å². The average molecular weight is 187 g/mol. The van der Waals surface area contributed by atoms with Gasteiger partial charge in [-0.25, -0.2) is 4.79 Å². The van der Waals surface area contributed by atoms with Crippen molar-refractivity contribution >= 4 is 5.97 Å². The molecule has 13 heavy (non-hydrogen) atoms. The van der Waals surface area contributed by atoms with Gasteiger partial charge < -0.3 is 15.6 Å². The van der Waals surface area contributed by atoms with Gasteiger partial charge in [-0.05, 0) is 12.3 Å². The maximum Gasteiger partial charge on any atom is 0.334 e. The topological polar surface area (TPSA) is 72.5 Å². The second kappa shape index (κ2) is 5.19. The van der Waals surface area contributed by atoms with E-state index in [1.807, 2.05) is 0 Å². The molecule has 1 aliphatic rings. The maximum atomic E-state index is 10.5. The molecule has 0 heterocycles. The van der Waals surface area contributed by atoms with E-state index in [2.05, 4.69) is 0 Å². The lowest BCUT2D eigenvalue weighted by molar-refractivity contribution is -0.149. The molecule has 0 aromatic heterocycles. The monoisotopic (exact) mass is 187 g/mol. The fraction of sp³-hybridized carbons (Fsp3) is 0.889. The van der Waals surface area contributed by atoms with Crippen molar-refractivity contribution in [3.05, 3.63) is 0 Å². The van der Waals surface area contributed by atoms with Gasteiger partial charge in [0, 0.05) is 13.2 Å². The normalized spacial score (nSPS) is 19.5. The molecule has 0 aromatic carbocycles. The van der Waals surface area contributed by atoms with Crippen molar-refractivity contribution in [3.63, 3.8) is 0 Å². The minimum absolute atomic E-state index is 0.0556. The minimum Gasteiger partial charge on any atom is -0.479 e.